The van der Waals surface area contributed by atoms with Gasteiger partial charge in [-0.2, -0.15) is 0 Å². The third kappa shape index (κ3) is 3.24. The Bertz CT molecular complexity index is 355. The van der Waals surface area contributed by atoms with E-state index in [1.165, 1.54) is 18.4 Å². The van der Waals surface area contributed by atoms with E-state index in [9.17, 15) is 0 Å². The lowest BCUT2D eigenvalue weighted by Gasteiger charge is -2.27. The molecule has 1 aromatic carbocycles. The van der Waals surface area contributed by atoms with Crippen molar-refractivity contribution in [3.8, 4) is 5.75 Å². The van der Waals surface area contributed by atoms with Gasteiger partial charge in [0.25, 0.3) is 0 Å². The molecule has 0 radical (unpaired) electrons. The first-order valence-electron chi connectivity index (χ1n) is 6.75. The minimum absolute atomic E-state index is 0.0352. The van der Waals surface area contributed by atoms with Crippen molar-refractivity contribution in [1.29, 1.82) is 0 Å². The molecule has 1 saturated carbocycles. The van der Waals surface area contributed by atoms with Crippen molar-refractivity contribution in [2.24, 2.45) is 5.73 Å². The molecule has 3 heteroatoms. The fourth-order valence-electron chi connectivity index (χ4n) is 2.60. The fourth-order valence-corrected chi connectivity index (χ4v) is 2.60. The van der Waals surface area contributed by atoms with Crippen LogP contribution in [0.15, 0.2) is 24.3 Å². The number of ether oxygens (including phenoxy) is 2. The monoisotopic (exact) mass is 249 g/mol. The van der Waals surface area contributed by atoms with Gasteiger partial charge in [-0.05, 0) is 37.0 Å². The first-order valence-corrected chi connectivity index (χ1v) is 6.75. The molecule has 100 valence electrons. The zero-order valence-corrected chi connectivity index (χ0v) is 11.2. The average molecular weight is 249 g/mol. The van der Waals surface area contributed by atoms with E-state index in [1.807, 2.05) is 12.1 Å². The Morgan fingerprint density at radius 1 is 1.17 bits per heavy atom. The van der Waals surface area contributed by atoms with E-state index in [0.717, 1.165) is 31.6 Å². The topological polar surface area (TPSA) is 44.5 Å². The molecule has 3 nitrogen and oxygen atoms in total. The highest BCUT2D eigenvalue weighted by Gasteiger charge is 2.32. The second kappa shape index (κ2) is 6.21. The summed E-state index contributed by atoms with van der Waals surface area (Å²) < 4.78 is 11.2. The lowest BCUT2D eigenvalue weighted by molar-refractivity contribution is -0.0319. The van der Waals surface area contributed by atoms with Crippen molar-refractivity contribution >= 4 is 0 Å². The molecule has 1 aliphatic rings. The molecule has 0 aliphatic heterocycles. The second-order valence-electron chi connectivity index (χ2n) is 5.04. The maximum atomic E-state index is 6.04. The van der Waals surface area contributed by atoms with Crippen LogP contribution in [0.2, 0.25) is 0 Å². The Morgan fingerprint density at radius 2 is 1.83 bits per heavy atom. The summed E-state index contributed by atoms with van der Waals surface area (Å²) in [5.74, 6) is 0.897. The Kier molecular flexibility index (Phi) is 4.61. The van der Waals surface area contributed by atoms with Gasteiger partial charge in [-0.25, -0.2) is 0 Å². The molecular formula is C15H23NO2. The number of nitrogens with two attached hydrogens (primary N) is 1. The standard InChI is InChI=1S/C15H23NO2/c1-17-14-6-4-13(5-7-14)8-11-18-15(12-16)9-2-3-10-15/h4-7H,2-3,8-12,16H2,1H3. The highest BCUT2D eigenvalue weighted by Crippen LogP contribution is 2.32. The van der Waals surface area contributed by atoms with Crippen LogP contribution in [0, 0.1) is 0 Å². The minimum atomic E-state index is -0.0352. The molecule has 1 fully saturated rings. The Balaban J connectivity index is 1.80. The van der Waals surface area contributed by atoms with Gasteiger partial charge in [0.15, 0.2) is 0 Å². The molecule has 2 N–H and O–H groups in total. The summed E-state index contributed by atoms with van der Waals surface area (Å²) in [6, 6.07) is 8.16. The molecule has 0 spiro atoms. The largest absolute Gasteiger partial charge is 0.497 e. The Morgan fingerprint density at radius 3 is 2.39 bits per heavy atom. The van der Waals surface area contributed by atoms with E-state index in [0.29, 0.717) is 6.54 Å². The van der Waals surface area contributed by atoms with Crippen molar-refractivity contribution in [1.82, 2.24) is 0 Å². The summed E-state index contributed by atoms with van der Waals surface area (Å²) in [6.07, 6.45) is 5.67. The van der Waals surface area contributed by atoms with Crippen LogP contribution < -0.4 is 10.5 Å². The molecule has 0 aromatic heterocycles. The van der Waals surface area contributed by atoms with Gasteiger partial charge in [-0.3, -0.25) is 0 Å². The van der Waals surface area contributed by atoms with Gasteiger partial charge in [-0.15, -0.1) is 0 Å². The highest BCUT2D eigenvalue weighted by atomic mass is 16.5. The molecule has 1 aliphatic carbocycles. The molecule has 0 amide bonds. The van der Waals surface area contributed by atoms with Crippen molar-refractivity contribution in [2.75, 3.05) is 20.3 Å². The molecule has 0 atom stereocenters. The molecular weight excluding hydrogens is 226 g/mol. The summed E-state index contributed by atoms with van der Waals surface area (Å²) >= 11 is 0. The lowest BCUT2D eigenvalue weighted by Crippen LogP contribution is -2.38. The molecule has 0 heterocycles. The van der Waals surface area contributed by atoms with Crippen LogP contribution in [0.1, 0.15) is 31.2 Å². The van der Waals surface area contributed by atoms with Gasteiger partial charge >= 0.3 is 0 Å². The van der Waals surface area contributed by atoms with Crippen LogP contribution in [-0.2, 0) is 11.2 Å². The van der Waals surface area contributed by atoms with E-state index in [1.54, 1.807) is 7.11 Å². The molecule has 1 aromatic rings. The van der Waals surface area contributed by atoms with Crippen LogP contribution in [0.25, 0.3) is 0 Å². The zero-order valence-electron chi connectivity index (χ0n) is 11.2. The van der Waals surface area contributed by atoms with Crippen LogP contribution in [0.5, 0.6) is 5.75 Å². The van der Waals surface area contributed by atoms with E-state index >= 15 is 0 Å². The first kappa shape index (κ1) is 13.4. The molecule has 2 rings (SSSR count). The number of hydrogen-bond acceptors (Lipinski definition) is 3. The minimum Gasteiger partial charge on any atom is -0.497 e. The first-order chi connectivity index (χ1) is 8.78. The van der Waals surface area contributed by atoms with E-state index in [4.69, 9.17) is 15.2 Å². The van der Waals surface area contributed by atoms with Crippen molar-refractivity contribution in [3.05, 3.63) is 29.8 Å². The maximum absolute atomic E-state index is 6.04. The van der Waals surface area contributed by atoms with E-state index in [2.05, 4.69) is 12.1 Å². The van der Waals surface area contributed by atoms with Gasteiger partial charge in [0, 0.05) is 6.54 Å². The van der Waals surface area contributed by atoms with Gasteiger partial charge in [0.2, 0.25) is 0 Å². The lowest BCUT2D eigenvalue weighted by atomic mass is 10.0. The average Bonchev–Trinajstić information content (AvgIpc) is 2.89. The number of benzene rings is 1. The predicted molar refractivity (Wildman–Crippen MR) is 72.9 cm³/mol. The number of methoxy groups -OCH3 is 1. The van der Waals surface area contributed by atoms with Gasteiger partial charge < -0.3 is 15.2 Å². The molecule has 18 heavy (non-hydrogen) atoms. The van der Waals surface area contributed by atoms with E-state index < -0.39 is 0 Å². The summed E-state index contributed by atoms with van der Waals surface area (Å²) in [5.41, 5.74) is 7.09. The molecule has 0 unspecified atom stereocenters. The van der Waals surface area contributed by atoms with Gasteiger partial charge in [0.1, 0.15) is 5.75 Å². The van der Waals surface area contributed by atoms with Crippen molar-refractivity contribution < 1.29 is 9.47 Å². The SMILES string of the molecule is COc1ccc(CCOC2(CN)CCCC2)cc1. The highest BCUT2D eigenvalue weighted by molar-refractivity contribution is 5.27. The normalized spacial score (nSPS) is 17.9. The predicted octanol–water partition coefficient (Wildman–Crippen LogP) is 2.53. The third-order valence-electron chi connectivity index (χ3n) is 3.84. The summed E-state index contributed by atoms with van der Waals surface area (Å²) in [6.45, 7) is 1.40. The Labute approximate surface area is 109 Å². The summed E-state index contributed by atoms with van der Waals surface area (Å²) in [5, 5.41) is 0. The second-order valence-corrected chi connectivity index (χ2v) is 5.04. The van der Waals surface area contributed by atoms with Crippen LogP contribution >= 0.6 is 0 Å². The Hall–Kier alpha value is -1.06. The number of hydrogen-bond donors (Lipinski definition) is 1. The van der Waals surface area contributed by atoms with Crippen molar-refractivity contribution in [3.63, 3.8) is 0 Å². The van der Waals surface area contributed by atoms with Gasteiger partial charge in [0.05, 0.1) is 19.3 Å². The maximum Gasteiger partial charge on any atom is 0.118 e. The fraction of sp³-hybridized carbons (Fsp3) is 0.600. The molecule has 0 bridgehead atoms. The zero-order chi connectivity index (χ0) is 12.8. The van der Waals surface area contributed by atoms with Crippen LogP contribution in [0.3, 0.4) is 0 Å². The third-order valence-corrected chi connectivity index (χ3v) is 3.84. The smallest absolute Gasteiger partial charge is 0.118 e. The van der Waals surface area contributed by atoms with Gasteiger partial charge in [-0.1, -0.05) is 25.0 Å². The number of rotatable bonds is 6. The van der Waals surface area contributed by atoms with Crippen LogP contribution in [0.4, 0.5) is 0 Å². The van der Waals surface area contributed by atoms with Crippen LogP contribution in [-0.4, -0.2) is 25.9 Å². The summed E-state index contributed by atoms with van der Waals surface area (Å²) in [4.78, 5) is 0. The molecule has 0 saturated heterocycles. The van der Waals surface area contributed by atoms with Crippen molar-refractivity contribution in [2.45, 2.75) is 37.7 Å². The summed E-state index contributed by atoms with van der Waals surface area (Å²) in [7, 11) is 1.68. The van der Waals surface area contributed by atoms with E-state index in [-0.39, 0.29) is 5.60 Å². The quantitative estimate of drug-likeness (QED) is 0.842.